The summed E-state index contributed by atoms with van der Waals surface area (Å²) in [4.78, 5) is 0. The minimum absolute atomic E-state index is 0.261. The molecule has 0 spiro atoms. The van der Waals surface area contributed by atoms with E-state index >= 15 is 0 Å². The molecule has 1 aromatic carbocycles. The highest BCUT2D eigenvalue weighted by Gasteiger charge is 2.19. The number of hydrogen-bond donors (Lipinski definition) is 1. The highest BCUT2D eigenvalue weighted by molar-refractivity contribution is 6.77. The first kappa shape index (κ1) is 16.9. The van der Waals surface area contributed by atoms with Crippen molar-refractivity contribution in [2.24, 2.45) is 5.92 Å². The van der Waals surface area contributed by atoms with Crippen LogP contribution in [0.5, 0.6) is 0 Å². The van der Waals surface area contributed by atoms with Gasteiger partial charge in [0.2, 0.25) is 0 Å². The van der Waals surface area contributed by atoms with E-state index in [0.29, 0.717) is 6.42 Å². The molecule has 0 radical (unpaired) electrons. The number of aliphatic hydroxyl groups is 1. The molecule has 1 aromatic heterocycles. The van der Waals surface area contributed by atoms with Gasteiger partial charge >= 0.3 is 0 Å². The molecule has 4 nitrogen and oxygen atoms in total. The highest BCUT2D eigenvalue weighted by atomic mass is 28.3. The maximum absolute atomic E-state index is 10.1. The first-order valence-corrected chi connectivity index (χ1v) is 11.7. The lowest BCUT2D eigenvalue weighted by molar-refractivity contribution is 0.128. The summed E-state index contributed by atoms with van der Waals surface area (Å²) in [6.07, 6.45) is 2.49. The Labute approximate surface area is 133 Å². The van der Waals surface area contributed by atoms with Gasteiger partial charge in [-0.3, -0.25) is 0 Å². The number of benzene rings is 1. The summed E-state index contributed by atoms with van der Waals surface area (Å²) in [6, 6.07) is 9.04. The molecule has 2 aromatic rings. The predicted octanol–water partition coefficient (Wildman–Crippen LogP) is 4.02. The van der Waals surface area contributed by atoms with Crippen LogP contribution in [0.15, 0.2) is 30.3 Å². The van der Waals surface area contributed by atoms with Crippen LogP contribution >= 0.6 is 0 Å². The number of hydrogen-bond acceptors (Lipinski definition) is 3. The number of rotatable bonds is 6. The van der Waals surface area contributed by atoms with Crippen molar-refractivity contribution in [3.8, 4) is 0 Å². The van der Waals surface area contributed by atoms with Crippen LogP contribution in [0.1, 0.15) is 20.3 Å². The Hall–Kier alpha value is -1.46. The molecular weight excluding hydrogens is 290 g/mol. The molecule has 0 aliphatic carbocycles. The number of nitrogens with zero attached hydrogens (tertiary/aromatic N) is 3. The van der Waals surface area contributed by atoms with Crippen molar-refractivity contribution in [2.75, 3.05) is 0 Å². The Morgan fingerprint density at radius 3 is 2.59 bits per heavy atom. The van der Waals surface area contributed by atoms with Gasteiger partial charge in [0.15, 0.2) is 0 Å². The zero-order valence-electron chi connectivity index (χ0n) is 14.2. The largest absolute Gasteiger partial charge is 0.393 e. The van der Waals surface area contributed by atoms with Crippen molar-refractivity contribution < 1.29 is 5.11 Å². The topological polar surface area (TPSA) is 50.9 Å². The predicted molar refractivity (Wildman–Crippen MR) is 95.4 cm³/mol. The number of allylic oxidation sites excluding steroid dienone is 1. The SMILES string of the molecule is CC(C)C(O)CC=C(C[Si](C)(C)C)n1nnc2ccccc21. The van der Waals surface area contributed by atoms with Gasteiger partial charge in [0.1, 0.15) is 5.52 Å². The van der Waals surface area contributed by atoms with Gasteiger partial charge < -0.3 is 5.11 Å². The summed E-state index contributed by atoms with van der Waals surface area (Å²) in [5, 5.41) is 18.7. The Balaban J connectivity index is 2.37. The van der Waals surface area contributed by atoms with E-state index in [4.69, 9.17) is 0 Å². The van der Waals surface area contributed by atoms with E-state index in [1.54, 1.807) is 0 Å². The average Bonchev–Trinajstić information content (AvgIpc) is 2.85. The second-order valence-electron chi connectivity index (χ2n) is 7.47. The number of para-hydroxylation sites is 1. The second kappa shape index (κ2) is 6.75. The molecule has 1 heterocycles. The van der Waals surface area contributed by atoms with Gasteiger partial charge in [0.05, 0.1) is 19.7 Å². The lowest BCUT2D eigenvalue weighted by atomic mass is 10.0. The quantitative estimate of drug-likeness (QED) is 0.819. The number of aliphatic hydroxyl groups excluding tert-OH is 1. The van der Waals surface area contributed by atoms with Crippen molar-refractivity contribution in [2.45, 2.75) is 52.1 Å². The lowest BCUT2D eigenvalue weighted by Crippen LogP contribution is -2.22. The Morgan fingerprint density at radius 1 is 1.27 bits per heavy atom. The smallest absolute Gasteiger partial charge is 0.113 e. The van der Waals surface area contributed by atoms with Crippen LogP contribution in [0.4, 0.5) is 0 Å². The van der Waals surface area contributed by atoms with Crippen LogP contribution in [0, 0.1) is 5.92 Å². The molecule has 5 heteroatoms. The van der Waals surface area contributed by atoms with Crippen LogP contribution in [-0.4, -0.2) is 34.3 Å². The van der Waals surface area contributed by atoms with E-state index in [-0.39, 0.29) is 12.0 Å². The zero-order chi connectivity index (χ0) is 16.3. The summed E-state index contributed by atoms with van der Waals surface area (Å²) in [5.74, 6) is 0.261. The highest BCUT2D eigenvalue weighted by Crippen LogP contribution is 2.24. The van der Waals surface area contributed by atoms with E-state index < -0.39 is 8.07 Å². The normalized spacial score (nSPS) is 14.8. The van der Waals surface area contributed by atoms with Crippen LogP contribution in [0.2, 0.25) is 25.7 Å². The molecule has 0 aliphatic heterocycles. The molecule has 120 valence electrons. The van der Waals surface area contributed by atoms with E-state index in [1.165, 1.54) is 0 Å². The van der Waals surface area contributed by atoms with Crippen molar-refractivity contribution in [3.63, 3.8) is 0 Å². The third-order valence-corrected chi connectivity index (χ3v) is 5.12. The van der Waals surface area contributed by atoms with Crippen LogP contribution < -0.4 is 0 Å². The summed E-state index contributed by atoms with van der Waals surface area (Å²) >= 11 is 0. The first-order chi connectivity index (χ1) is 10.3. The van der Waals surface area contributed by atoms with Crippen LogP contribution in [0.3, 0.4) is 0 Å². The lowest BCUT2D eigenvalue weighted by Gasteiger charge is -2.20. The van der Waals surface area contributed by atoms with E-state index in [1.807, 2.05) is 42.8 Å². The number of fused-ring (bicyclic) bond motifs is 1. The van der Waals surface area contributed by atoms with Crippen LogP contribution in [-0.2, 0) is 0 Å². The molecule has 0 fully saturated rings. The van der Waals surface area contributed by atoms with Crippen LogP contribution in [0.25, 0.3) is 16.7 Å². The van der Waals surface area contributed by atoms with E-state index in [2.05, 4.69) is 36.0 Å². The fourth-order valence-corrected chi connectivity index (χ4v) is 3.77. The van der Waals surface area contributed by atoms with Gasteiger partial charge in [0, 0.05) is 5.70 Å². The minimum atomic E-state index is -1.30. The second-order valence-corrected chi connectivity index (χ2v) is 12.9. The maximum Gasteiger partial charge on any atom is 0.113 e. The van der Waals surface area contributed by atoms with Crippen molar-refractivity contribution in [1.82, 2.24) is 15.0 Å². The molecule has 0 bridgehead atoms. The van der Waals surface area contributed by atoms with Crippen molar-refractivity contribution in [3.05, 3.63) is 30.3 Å². The van der Waals surface area contributed by atoms with Crippen molar-refractivity contribution in [1.29, 1.82) is 0 Å². The molecule has 1 atom stereocenters. The molecule has 1 N–H and O–H groups in total. The first-order valence-electron chi connectivity index (χ1n) is 7.96. The standard InChI is InChI=1S/C17H27N3OSi/c1-13(2)17(21)11-10-14(12-22(3,4)5)20-16-9-7-6-8-15(16)18-19-20/h6-10,13,17,21H,11-12H2,1-5H3. The average molecular weight is 318 g/mol. The molecular formula is C17H27N3OSi. The maximum atomic E-state index is 10.1. The fourth-order valence-electron chi connectivity index (χ4n) is 2.39. The fraction of sp³-hybridized carbons (Fsp3) is 0.529. The Kier molecular flexibility index (Phi) is 5.18. The zero-order valence-corrected chi connectivity index (χ0v) is 15.2. The van der Waals surface area contributed by atoms with Gasteiger partial charge in [0.25, 0.3) is 0 Å². The minimum Gasteiger partial charge on any atom is -0.393 e. The van der Waals surface area contributed by atoms with Gasteiger partial charge in [-0.05, 0) is 30.5 Å². The van der Waals surface area contributed by atoms with E-state index in [9.17, 15) is 5.11 Å². The monoisotopic (exact) mass is 317 g/mol. The molecule has 0 saturated carbocycles. The molecule has 0 aliphatic rings. The summed E-state index contributed by atoms with van der Waals surface area (Å²) in [6.45, 7) is 11.1. The third kappa shape index (κ3) is 4.27. The molecule has 1 unspecified atom stereocenters. The molecule has 2 rings (SSSR count). The van der Waals surface area contributed by atoms with Gasteiger partial charge in [-0.1, -0.05) is 56.9 Å². The summed E-state index contributed by atoms with van der Waals surface area (Å²) in [7, 11) is -1.30. The summed E-state index contributed by atoms with van der Waals surface area (Å²) < 4.78 is 1.95. The number of aromatic nitrogens is 3. The molecule has 22 heavy (non-hydrogen) atoms. The van der Waals surface area contributed by atoms with Gasteiger partial charge in [-0.2, -0.15) is 0 Å². The van der Waals surface area contributed by atoms with Gasteiger partial charge in [-0.15, -0.1) is 5.10 Å². The van der Waals surface area contributed by atoms with E-state index in [0.717, 1.165) is 22.8 Å². The Morgan fingerprint density at radius 2 is 1.95 bits per heavy atom. The molecule has 0 saturated heterocycles. The van der Waals surface area contributed by atoms with Crippen molar-refractivity contribution >= 4 is 24.8 Å². The third-order valence-electron chi connectivity index (χ3n) is 3.70. The Bertz CT molecular complexity index is 655. The molecule has 0 amide bonds. The van der Waals surface area contributed by atoms with Gasteiger partial charge in [-0.25, -0.2) is 4.68 Å². The summed E-state index contributed by atoms with van der Waals surface area (Å²) in [5.41, 5.74) is 3.10.